The van der Waals surface area contributed by atoms with Crippen LogP contribution in [-0.2, 0) is 4.79 Å². The summed E-state index contributed by atoms with van der Waals surface area (Å²) in [5.74, 6) is -2.89. The van der Waals surface area contributed by atoms with Crippen LogP contribution >= 0.6 is 0 Å². The predicted octanol–water partition coefficient (Wildman–Crippen LogP) is 3.68. The van der Waals surface area contributed by atoms with Gasteiger partial charge in [0.15, 0.2) is 0 Å². The normalized spacial score (nSPS) is 17.5. The number of hydrogen-bond acceptors (Lipinski definition) is 1. The summed E-state index contributed by atoms with van der Waals surface area (Å²) in [6.45, 7) is 0. The molecule has 1 unspecified atom stereocenters. The van der Waals surface area contributed by atoms with E-state index in [2.05, 4.69) is 0 Å². The molecule has 5 heteroatoms. The largest absolute Gasteiger partial charge is 0.481 e. The van der Waals surface area contributed by atoms with E-state index in [1.165, 1.54) is 12.1 Å². The number of carboxylic acid groups (broad SMARTS) is 1. The molecule has 1 aromatic carbocycles. The molecule has 0 heterocycles. The number of aliphatic carboxylic acids is 1. The van der Waals surface area contributed by atoms with Crippen LogP contribution in [0.15, 0.2) is 24.3 Å². The van der Waals surface area contributed by atoms with Gasteiger partial charge >= 0.3 is 12.1 Å². The molecule has 2 nitrogen and oxygen atoms in total. The minimum atomic E-state index is -4.53. The predicted molar refractivity (Wildman–Crippen MR) is 59.5 cm³/mol. The van der Waals surface area contributed by atoms with Crippen LogP contribution in [0.3, 0.4) is 0 Å². The Bertz CT molecular complexity index is 433. The molecule has 1 saturated carbocycles. The monoisotopic (exact) mass is 258 g/mol. The Kier molecular flexibility index (Phi) is 3.32. The van der Waals surface area contributed by atoms with Gasteiger partial charge < -0.3 is 5.11 Å². The Morgan fingerprint density at radius 1 is 1.28 bits per heavy atom. The third-order valence-electron chi connectivity index (χ3n) is 3.16. The molecule has 1 aliphatic carbocycles. The van der Waals surface area contributed by atoms with Crippen molar-refractivity contribution in [1.82, 2.24) is 0 Å². The van der Waals surface area contributed by atoms with Gasteiger partial charge in [-0.05, 0) is 29.9 Å². The third kappa shape index (κ3) is 3.03. The number of benzene rings is 1. The fraction of sp³-hybridized carbons (Fsp3) is 0.462. The molecule has 0 aliphatic heterocycles. The van der Waals surface area contributed by atoms with E-state index in [0.717, 1.165) is 18.4 Å². The highest BCUT2D eigenvalue weighted by Crippen LogP contribution is 2.42. The first-order valence-electron chi connectivity index (χ1n) is 5.76. The minimum Gasteiger partial charge on any atom is -0.481 e. The zero-order chi connectivity index (χ0) is 13.3. The lowest BCUT2D eigenvalue weighted by Crippen LogP contribution is -2.23. The molecule has 0 saturated heterocycles. The van der Waals surface area contributed by atoms with Crippen LogP contribution in [0.2, 0.25) is 0 Å². The first kappa shape index (κ1) is 12.9. The van der Waals surface area contributed by atoms with Crippen LogP contribution in [0.1, 0.15) is 42.2 Å². The highest BCUT2D eigenvalue weighted by Gasteiger charge is 2.42. The summed E-state index contributed by atoms with van der Waals surface area (Å²) >= 11 is 0. The molecule has 1 aromatic rings. The number of hydrogen-bond donors (Lipinski definition) is 1. The van der Waals surface area contributed by atoms with E-state index in [1.54, 1.807) is 12.1 Å². The van der Waals surface area contributed by atoms with Crippen LogP contribution < -0.4 is 0 Å². The summed E-state index contributed by atoms with van der Waals surface area (Å²) in [5, 5.41) is 8.56. The van der Waals surface area contributed by atoms with Crippen molar-refractivity contribution in [2.45, 2.75) is 37.3 Å². The summed E-state index contributed by atoms with van der Waals surface area (Å²) < 4.78 is 38.3. The molecule has 0 spiro atoms. The van der Waals surface area contributed by atoms with Crippen molar-refractivity contribution in [3.63, 3.8) is 0 Å². The van der Waals surface area contributed by atoms with Gasteiger partial charge in [-0.3, -0.25) is 4.79 Å². The highest BCUT2D eigenvalue weighted by atomic mass is 19.4. The summed E-state index contributed by atoms with van der Waals surface area (Å²) in [7, 11) is 0. The topological polar surface area (TPSA) is 37.3 Å². The maximum Gasteiger partial charge on any atom is 0.396 e. The minimum absolute atomic E-state index is 0.0225. The molecule has 0 bridgehead atoms. The summed E-state index contributed by atoms with van der Waals surface area (Å²) in [5.41, 5.74) is 1.06. The lowest BCUT2D eigenvalue weighted by molar-refractivity contribution is -0.163. The van der Waals surface area contributed by atoms with E-state index in [0.29, 0.717) is 5.92 Å². The molecular weight excluding hydrogens is 245 g/mol. The molecule has 0 amide bonds. The van der Waals surface area contributed by atoms with Crippen LogP contribution in [0.5, 0.6) is 0 Å². The molecule has 0 radical (unpaired) electrons. The second kappa shape index (κ2) is 4.63. The van der Waals surface area contributed by atoms with E-state index in [4.69, 9.17) is 5.11 Å². The lowest BCUT2D eigenvalue weighted by atomic mass is 9.93. The van der Waals surface area contributed by atoms with Gasteiger partial charge in [-0.1, -0.05) is 24.3 Å². The van der Waals surface area contributed by atoms with E-state index in [9.17, 15) is 18.0 Å². The number of carboxylic acids is 1. The molecule has 98 valence electrons. The fourth-order valence-corrected chi connectivity index (χ4v) is 2.01. The van der Waals surface area contributed by atoms with Gasteiger partial charge in [-0.2, -0.15) is 13.2 Å². The Hall–Kier alpha value is -1.52. The quantitative estimate of drug-likeness (QED) is 0.894. The summed E-state index contributed by atoms with van der Waals surface area (Å²) in [6.07, 6.45) is -3.29. The van der Waals surface area contributed by atoms with Gasteiger partial charge in [0.1, 0.15) is 0 Å². The number of rotatable bonds is 4. The molecular formula is C13H13F3O2. The third-order valence-corrected chi connectivity index (χ3v) is 3.16. The first-order valence-corrected chi connectivity index (χ1v) is 5.76. The Morgan fingerprint density at radius 3 is 2.22 bits per heavy atom. The maximum absolute atomic E-state index is 12.8. The molecule has 1 atom stereocenters. The van der Waals surface area contributed by atoms with Gasteiger partial charge in [0, 0.05) is 0 Å². The SMILES string of the molecule is O=C(O)CC(c1ccc(C2CC2)cc1)C(F)(F)F. The Morgan fingerprint density at radius 2 is 1.83 bits per heavy atom. The first-order chi connectivity index (χ1) is 8.38. The molecule has 18 heavy (non-hydrogen) atoms. The number of halogens is 3. The van der Waals surface area contributed by atoms with Crippen molar-refractivity contribution in [2.24, 2.45) is 0 Å². The summed E-state index contributed by atoms with van der Waals surface area (Å²) in [4.78, 5) is 10.5. The number of carbonyl (C=O) groups is 1. The molecule has 1 fully saturated rings. The van der Waals surface area contributed by atoms with Crippen LogP contribution in [0.4, 0.5) is 13.2 Å². The average Bonchev–Trinajstić information content (AvgIpc) is 3.08. The summed E-state index contributed by atoms with van der Waals surface area (Å²) in [6, 6.07) is 6.14. The number of alkyl halides is 3. The van der Waals surface area contributed by atoms with Crippen molar-refractivity contribution < 1.29 is 23.1 Å². The Balaban J connectivity index is 2.21. The lowest BCUT2D eigenvalue weighted by Gasteiger charge is -2.19. The van der Waals surface area contributed by atoms with Crippen LogP contribution in [-0.4, -0.2) is 17.3 Å². The van der Waals surface area contributed by atoms with Crippen molar-refractivity contribution >= 4 is 5.97 Å². The molecule has 0 aromatic heterocycles. The van der Waals surface area contributed by atoms with E-state index < -0.39 is 24.5 Å². The Labute approximate surface area is 102 Å². The van der Waals surface area contributed by atoms with Gasteiger partial charge in [0.05, 0.1) is 12.3 Å². The smallest absolute Gasteiger partial charge is 0.396 e. The van der Waals surface area contributed by atoms with Gasteiger partial charge in [-0.25, -0.2) is 0 Å². The molecule has 1 N–H and O–H groups in total. The zero-order valence-electron chi connectivity index (χ0n) is 9.57. The zero-order valence-corrected chi connectivity index (χ0v) is 9.57. The van der Waals surface area contributed by atoms with E-state index in [1.807, 2.05) is 0 Å². The standard InChI is InChI=1S/C13H13F3O2/c14-13(15,16)11(7-12(17)18)10-5-3-9(4-6-10)8-1-2-8/h3-6,8,11H,1-2,7H2,(H,17,18). The van der Waals surface area contributed by atoms with E-state index in [-0.39, 0.29) is 5.56 Å². The fourth-order valence-electron chi connectivity index (χ4n) is 2.01. The van der Waals surface area contributed by atoms with Gasteiger partial charge in [0.25, 0.3) is 0 Å². The van der Waals surface area contributed by atoms with Crippen molar-refractivity contribution in [1.29, 1.82) is 0 Å². The van der Waals surface area contributed by atoms with Crippen molar-refractivity contribution in [2.75, 3.05) is 0 Å². The second-order valence-electron chi connectivity index (χ2n) is 4.63. The van der Waals surface area contributed by atoms with Crippen molar-refractivity contribution in [3.05, 3.63) is 35.4 Å². The maximum atomic E-state index is 12.8. The van der Waals surface area contributed by atoms with Gasteiger partial charge in [-0.15, -0.1) is 0 Å². The highest BCUT2D eigenvalue weighted by molar-refractivity contribution is 5.68. The second-order valence-corrected chi connectivity index (χ2v) is 4.63. The molecule has 2 rings (SSSR count). The van der Waals surface area contributed by atoms with Crippen LogP contribution in [0.25, 0.3) is 0 Å². The van der Waals surface area contributed by atoms with Crippen molar-refractivity contribution in [3.8, 4) is 0 Å². The van der Waals surface area contributed by atoms with Crippen LogP contribution in [0, 0.1) is 0 Å². The molecule has 1 aliphatic rings. The average molecular weight is 258 g/mol. The van der Waals surface area contributed by atoms with Gasteiger partial charge in [0.2, 0.25) is 0 Å². The van der Waals surface area contributed by atoms with E-state index >= 15 is 0 Å².